The van der Waals surface area contributed by atoms with Crippen LogP contribution in [0.25, 0.3) is 0 Å². The van der Waals surface area contributed by atoms with E-state index in [4.69, 9.17) is 0 Å². The SMILES string of the molecule is FC(F)(Br)[Se]C(F)(F)Br. The molecule has 0 aliphatic carbocycles. The molecular weight excluding hydrogens is 339 g/mol. The summed E-state index contributed by atoms with van der Waals surface area (Å²) < 4.78 is 39.7. The zero-order valence-corrected chi connectivity index (χ0v) is 8.56. The molecule has 0 aromatic rings. The van der Waals surface area contributed by atoms with Crippen LogP contribution >= 0.6 is 31.9 Å². The number of rotatable bonds is 2. The normalized spacial score (nSPS) is 14.0. The van der Waals surface area contributed by atoms with Crippen LogP contribution in [0.3, 0.4) is 0 Å². The first-order chi connectivity index (χ1) is 3.71. The topological polar surface area (TPSA) is 0 Å². The molecule has 0 radical (unpaired) electrons. The molecule has 0 unspecified atom stereocenters. The molecule has 0 amide bonds. The van der Waals surface area contributed by atoms with Crippen molar-refractivity contribution in [1.29, 1.82) is 0 Å². The number of halogens is 6. The molecule has 0 aromatic heterocycles. The summed E-state index contributed by atoms with van der Waals surface area (Å²) in [6.07, 6.45) is 0. The van der Waals surface area contributed by atoms with E-state index >= 15 is 0 Å². The molecule has 56 valence electrons. The van der Waals surface area contributed by atoms with Crippen LogP contribution in [-0.2, 0) is 0 Å². The van der Waals surface area contributed by atoms with Gasteiger partial charge in [-0.25, -0.2) is 0 Å². The molecule has 7 heteroatoms. The third kappa shape index (κ3) is 9.20. The van der Waals surface area contributed by atoms with E-state index < -0.39 is 22.4 Å². The Morgan fingerprint density at radius 3 is 1.11 bits per heavy atom. The zero-order chi connectivity index (χ0) is 7.71. The van der Waals surface area contributed by atoms with E-state index in [1.807, 2.05) is 0 Å². The Bertz CT molecular complexity index is 81.7. The van der Waals surface area contributed by atoms with Crippen LogP contribution in [-0.4, -0.2) is 22.4 Å². The molecular formula is C2Br2F4Se. The predicted octanol–water partition coefficient (Wildman–Crippen LogP) is 2.58. The Hall–Kier alpha value is 1.20. The second kappa shape index (κ2) is 3.07. The minimum atomic E-state index is -3.44. The van der Waals surface area contributed by atoms with E-state index in [1.165, 1.54) is 0 Å². The van der Waals surface area contributed by atoms with Crippen molar-refractivity contribution in [2.45, 2.75) is 7.46 Å². The van der Waals surface area contributed by atoms with Gasteiger partial charge in [0, 0.05) is 0 Å². The molecule has 0 aliphatic rings. The first-order valence-corrected chi connectivity index (χ1v) is 4.84. The Kier molecular flexibility index (Phi) is 3.48. The number of hydrogen-bond acceptors (Lipinski definition) is 0. The van der Waals surface area contributed by atoms with Gasteiger partial charge in [0.1, 0.15) is 0 Å². The van der Waals surface area contributed by atoms with E-state index in [0.29, 0.717) is 0 Å². The third-order valence-electron chi connectivity index (χ3n) is 0.231. The summed E-state index contributed by atoms with van der Waals surface area (Å²) in [6.45, 7) is 0. The number of hydrogen-bond donors (Lipinski definition) is 0. The molecule has 0 heterocycles. The van der Waals surface area contributed by atoms with Crippen molar-refractivity contribution in [2.75, 3.05) is 0 Å². The predicted molar refractivity (Wildman–Crippen MR) is 33.5 cm³/mol. The van der Waals surface area contributed by atoms with Crippen LogP contribution < -0.4 is 0 Å². The van der Waals surface area contributed by atoms with Gasteiger partial charge in [-0.3, -0.25) is 0 Å². The van der Waals surface area contributed by atoms with Crippen LogP contribution in [0.1, 0.15) is 0 Å². The zero-order valence-electron chi connectivity index (χ0n) is 3.68. The first kappa shape index (κ1) is 10.2. The fourth-order valence-electron chi connectivity index (χ4n) is 0.131. The van der Waals surface area contributed by atoms with E-state index in [2.05, 4.69) is 0 Å². The summed E-state index contributed by atoms with van der Waals surface area (Å²) in [6, 6.07) is 0. The maximum atomic E-state index is 11.7. The molecule has 0 spiro atoms. The van der Waals surface area contributed by atoms with Gasteiger partial charge in [0.25, 0.3) is 0 Å². The molecule has 0 saturated heterocycles. The van der Waals surface area contributed by atoms with Crippen LogP contribution in [0.15, 0.2) is 0 Å². The quantitative estimate of drug-likeness (QED) is 0.412. The molecule has 0 rings (SSSR count). The van der Waals surface area contributed by atoms with E-state index in [0.717, 1.165) is 0 Å². The molecule has 0 nitrogen and oxygen atoms in total. The van der Waals surface area contributed by atoms with Crippen molar-refractivity contribution in [3.63, 3.8) is 0 Å². The molecule has 0 aromatic carbocycles. The second-order valence-corrected chi connectivity index (χ2v) is 7.93. The van der Waals surface area contributed by atoms with Crippen LogP contribution in [0, 0.1) is 0 Å². The maximum absolute atomic E-state index is 11.7. The van der Waals surface area contributed by atoms with Crippen LogP contribution in [0.5, 0.6) is 0 Å². The minimum absolute atomic E-state index is 1.80. The standard InChI is InChI=1S/C2Br2F4Se/c3-1(5,6)9-2(4,7)8. The molecule has 0 N–H and O–H groups in total. The number of alkyl halides is 6. The van der Waals surface area contributed by atoms with Crippen molar-refractivity contribution in [1.82, 2.24) is 0 Å². The van der Waals surface area contributed by atoms with Crippen molar-refractivity contribution in [2.24, 2.45) is 0 Å². The van der Waals surface area contributed by atoms with Crippen molar-refractivity contribution >= 4 is 46.8 Å². The van der Waals surface area contributed by atoms with Gasteiger partial charge in [-0.1, -0.05) is 0 Å². The summed E-state index contributed by atoms with van der Waals surface area (Å²) in [4.78, 5) is 0. The summed E-state index contributed by atoms with van der Waals surface area (Å²) in [7, 11) is 0. The van der Waals surface area contributed by atoms with Gasteiger partial charge in [-0.2, -0.15) is 0 Å². The monoisotopic (exact) mass is 338 g/mol. The molecule has 0 atom stereocenters. The van der Waals surface area contributed by atoms with E-state index in [9.17, 15) is 17.6 Å². The van der Waals surface area contributed by atoms with Crippen molar-refractivity contribution in [3.05, 3.63) is 0 Å². The fraction of sp³-hybridized carbons (Fsp3) is 1.00. The van der Waals surface area contributed by atoms with Crippen LogP contribution in [0.4, 0.5) is 17.6 Å². The van der Waals surface area contributed by atoms with Crippen LogP contribution in [0.2, 0.25) is 0 Å². The molecule has 0 saturated carbocycles. The first-order valence-electron chi connectivity index (χ1n) is 1.54. The Morgan fingerprint density at radius 2 is 1.11 bits per heavy atom. The molecule has 9 heavy (non-hydrogen) atoms. The second-order valence-electron chi connectivity index (χ2n) is 0.994. The summed E-state index contributed by atoms with van der Waals surface area (Å²) in [5.74, 6) is 0. The average molecular weight is 339 g/mol. The van der Waals surface area contributed by atoms with Gasteiger partial charge in [0.2, 0.25) is 0 Å². The van der Waals surface area contributed by atoms with E-state index in [-0.39, 0.29) is 0 Å². The summed E-state index contributed by atoms with van der Waals surface area (Å²) >= 11 is 1.51. The van der Waals surface area contributed by atoms with Gasteiger partial charge >= 0.3 is 71.8 Å². The summed E-state index contributed by atoms with van der Waals surface area (Å²) in [5, 5.41) is 0. The van der Waals surface area contributed by atoms with Gasteiger partial charge in [-0.05, 0) is 0 Å². The fourth-order valence-corrected chi connectivity index (χ4v) is 3.92. The van der Waals surface area contributed by atoms with E-state index in [1.54, 1.807) is 31.9 Å². The van der Waals surface area contributed by atoms with Gasteiger partial charge in [0.05, 0.1) is 0 Å². The van der Waals surface area contributed by atoms with Crippen molar-refractivity contribution in [3.8, 4) is 0 Å². The Balaban J connectivity index is 3.75. The molecule has 0 fully saturated rings. The Morgan fingerprint density at radius 1 is 0.889 bits per heavy atom. The molecule has 0 bridgehead atoms. The Labute approximate surface area is 71.8 Å². The van der Waals surface area contributed by atoms with Crippen molar-refractivity contribution < 1.29 is 17.6 Å². The average Bonchev–Trinajstić information content (AvgIpc) is 1.14. The van der Waals surface area contributed by atoms with Gasteiger partial charge in [-0.15, -0.1) is 0 Å². The van der Waals surface area contributed by atoms with Gasteiger partial charge < -0.3 is 0 Å². The van der Waals surface area contributed by atoms with Gasteiger partial charge in [0.15, 0.2) is 0 Å². The molecule has 0 aliphatic heterocycles. The third-order valence-corrected chi connectivity index (χ3v) is 2.88. The summed E-state index contributed by atoms with van der Waals surface area (Å²) in [5.41, 5.74) is 0.